The molecular formula is C33H45N7O3. The molecule has 3 heterocycles. The van der Waals surface area contributed by atoms with Crippen molar-refractivity contribution >= 4 is 23.7 Å². The van der Waals surface area contributed by atoms with Crippen LogP contribution in [-0.2, 0) is 20.8 Å². The van der Waals surface area contributed by atoms with Gasteiger partial charge in [-0.05, 0) is 75.6 Å². The first kappa shape index (κ1) is 29.5. The molecule has 1 aromatic carbocycles. The number of amides is 3. The van der Waals surface area contributed by atoms with Gasteiger partial charge in [-0.3, -0.25) is 14.4 Å². The monoisotopic (exact) mass is 587 g/mol. The molecule has 4 aliphatic rings. The van der Waals surface area contributed by atoms with Gasteiger partial charge in [-0.25, -0.2) is 9.97 Å². The second-order valence-corrected chi connectivity index (χ2v) is 12.7. The summed E-state index contributed by atoms with van der Waals surface area (Å²) in [7, 11) is 1.75. The Balaban J connectivity index is 1.28. The zero-order chi connectivity index (χ0) is 29.9. The molecule has 3 amide bonds. The highest BCUT2D eigenvalue weighted by Crippen LogP contribution is 2.40. The van der Waals surface area contributed by atoms with Crippen molar-refractivity contribution in [1.82, 2.24) is 30.8 Å². The molecule has 0 bridgehead atoms. The minimum absolute atomic E-state index is 0.0307. The minimum Gasteiger partial charge on any atom is -0.349 e. The van der Waals surface area contributed by atoms with Gasteiger partial charge in [0.25, 0.3) is 0 Å². The second kappa shape index (κ2) is 13.0. The van der Waals surface area contributed by atoms with E-state index in [0.29, 0.717) is 19.0 Å². The van der Waals surface area contributed by atoms with Gasteiger partial charge < -0.3 is 25.8 Å². The molecule has 230 valence electrons. The van der Waals surface area contributed by atoms with Gasteiger partial charge in [0, 0.05) is 25.5 Å². The summed E-state index contributed by atoms with van der Waals surface area (Å²) in [5.74, 6) is -0.0181. The molecule has 3 N–H and O–H groups in total. The fraction of sp³-hybridized carbons (Fsp3) is 0.606. The van der Waals surface area contributed by atoms with Gasteiger partial charge in [0.15, 0.2) is 0 Å². The second-order valence-electron chi connectivity index (χ2n) is 12.7. The molecule has 6 rings (SSSR count). The Kier molecular flexibility index (Phi) is 8.93. The number of anilines is 1. The predicted molar refractivity (Wildman–Crippen MR) is 164 cm³/mol. The average molecular weight is 588 g/mol. The van der Waals surface area contributed by atoms with Crippen LogP contribution in [0.15, 0.2) is 42.7 Å². The van der Waals surface area contributed by atoms with Crippen molar-refractivity contribution in [2.24, 2.45) is 11.8 Å². The van der Waals surface area contributed by atoms with E-state index in [4.69, 9.17) is 0 Å². The Morgan fingerprint density at radius 1 is 0.953 bits per heavy atom. The van der Waals surface area contributed by atoms with Crippen molar-refractivity contribution in [2.45, 2.75) is 94.9 Å². The summed E-state index contributed by atoms with van der Waals surface area (Å²) >= 11 is 0. The lowest BCUT2D eigenvalue weighted by Crippen LogP contribution is -2.58. The Hall–Kier alpha value is -3.53. The lowest BCUT2D eigenvalue weighted by Gasteiger charge is -2.36. The lowest BCUT2D eigenvalue weighted by atomic mass is 9.83. The normalized spacial score (nSPS) is 26.7. The van der Waals surface area contributed by atoms with Crippen molar-refractivity contribution in [1.29, 1.82) is 0 Å². The first-order valence-corrected chi connectivity index (χ1v) is 16.2. The van der Waals surface area contributed by atoms with Gasteiger partial charge in [0.2, 0.25) is 23.7 Å². The predicted octanol–water partition coefficient (Wildman–Crippen LogP) is 2.75. The fourth-order valence-corrected chi connectivity index (χ4v) is 7.86. The molecule has 43 heavy (non-hydrogen) atoms. The smallest absolute Gasteiger partial charge is 0.245 e. The maximum Gasteiger partial charge on any atom is 0.245 e. The van der Waals surface area contributed by atoms with Crippen LogP contribution in [0.4, 0.5) is 5.95 Å². The number of rotatable bonds is 8. The molecule has 0 radical (unpaired) electrons. The van der Waals surface area contributed by atoms with E-state index in [-0.39, 0.29) is 41.8 Å². The largest absolute Gasteiger partial charge is 0.349 e. The fourth-order valence-electron chi connectivity index (χ4n) is 7.86. The quantitative estimate of drug-likeness (QED) is 0.435. The van der Waals surface area contributed by atoms with Crippen LogP contribution >= 0.6 is 0 Å². The number of benzene rings is 1. The van der Waals surface area contributed by atoms with Crippen LogP contribution in [0.1, 0.15) is 75.5 Å². The van der Waals surface area contributed by atoms with Crippen LogP contribution in [-0.4, -0.2) is 76.9 Å². The number of hydrogen-bond acceptors (Lipinski definition) is 7. The molecule has 6 atom stereocenters. The average Bonchev–Trinajstić information content (AvgIpc) is 3.65. The van der Waals surface area contributed by atoms with Crippen LogP contribution in [0.3, 0.4) is 0 Å². The number of hydrogen-bond donors (Lipinski definition) is 3. The van der Waals surface area contributed by atoms with Crippen LogP contribution in [0.5, 0.6) is 0 Å². The number of carbonyl (C=O) groups excluding carboxylic acids is 3. The van der Waals surface area contributed by atoms with E-state index in [1.807, 2.05) is 17.9 Å². The van der Waals surface area contributed by atoms with Crippen molar-refractivity contribution in [3.8, 4) is 0 Å². The number of likely N-dealkylation sites (tertiary alicyclic amines) is 1. The number of aromatic nitrogens is 2. The number of carbonyl (C=O) groups is 3. The SMILES string of the molecule is CN[C@@H](C)C(=O)N[C@H](C(=O)N1CC[C@@H]2[C@H]1[C@@H](C(=O)N[C@@H]1CCCc3ccccc31)CN2c1ncccn1)C1CCCCC1. The summed E-state index contributed by atoms with van der Waals surface area (Å²) in [6, 6.07) is 8.72. The minimum atomic E-state index is -0.599. The van der Waals surface area contributed by atoms with Gasteiger partial charge in [-0.2, -0.15) is 0 Å². The molecule has 0 spiro atoms. The summed E-state index contributed by atoms with van der Waals surface area (Å²) < 4.78 is 0. The number of likely N-dealkylation sites (N-methyl/N-ethyl adjacent to an activating group) is 1. The van der Waals surface area contributed by atoms with Gasteiger partial charge in [0.1, 0.15) is 6.04 Å². The molecule has 10 heteroatoms. The van der Waals surface area contributed by atoms with Gasteiger partial charge in [-0.15, -0.1) is 0 Å². The van der Waals surface area contributed by atoms with Crippen LogP contribution < -0.4 is 20.9 Å². The molecule has 2 saturated heterocycles. The van der Waals surface area contributed by atoms with E-state index in [2.05, 4.69) is 49.0 Å². The van der Waals surface area contributed by atoms with Gasteiger partial charge in [-0.1, -0.05) is 43.5 Å². The van der Waals surface area contributed by atoms with Gasteiger partial charge >= 0.3 is 0 Å². The summed E-state index contributed by atoms with van der Waals surface area (Å²) in [4.78, 5) is 54.9. The summed E-state index contributed by atoms with van der Waals surface area (Å²) in [6.07, 6.45) is 12.2. The topological polar surface area (TPSA) is 120 Å². The van der Waals surface area contributed by atoms with Crippen LogP contribution in [0.2, 0.25) is 0 Å². The van der Waals surface area contributed by atoms with E-state index in [1.165, 1.54) is 11.1 Å². The first-order valence-electron chi connectivity index (χ1n) is 16.2. The number of aryl methyl sites for hydroxylation is 1. The standard InChI is InChI=1S/C33H45N7O3/c1-21(34-2)30(41)38-28(23-11-4-3-5-12-23)32(43)39-19-16-27-29(39)25(20-40(27)33-35-17-9-18-36-33)31(42)37-26-15-8-13-22-10-6-7-14-24(22)26/h6-7,9-10,14,17-18,21,23,25-29,34H,3-5,8,11-13,15-16,19-20H2,1-2H3,(H,37,42)(H,38,41)/t21-,25-,26+,27+,28-,29+/m0/s1. The summed E-state index contributed by atoms with van der Waals surface area (Å²) in [6.45, 7) is 2.79. The molecule has 3 fully saturated rings. The number of nitrogens with zero attached hydrogens (tertiary/aromatic N) is 4. The van der Waals surface area contributed by atoms with Crippen molar-refractivity contribution in [3.63, 3.8) is 0 Å². The summed E-state index contributed by atoms with van der Waals surface area (Å²) in [5, 5.41) is 9.51. The molecule has 2 aliphatic carbocycles. The third kappa shape index (κ3) is 5.98. The molecule has 2 aliphatic heterocycles. The third-order valence-electron chi connectivity index (χ3n) is 10.3. The maximum atomic E-state index is 14.5. The third-order valence-corrected chi connectivity index (χ3v) is 10.3. The van der Waals surface area contributed by atoms with E-state index >= 15 is 0 Å². The highest BCUT2D eigenvalue weighted by atomic mass is 16.2. The van der Waals surface area contributed by atoms with Crippen LogP contribution in [0, 0.1) is 11.8 Å². The summed E-state index contributed by atoms with van der Waals surface area (Å²) in [5.41, 5.74) is 2.49. The van der Waals surface area contributed by atoms with Crippen molar-refractivity contribution < 1.29 is 14.4 Å². The van der Waals surface area contributed by atoms with Crippen LogP contribution in [0.25, 0.3) is 0 Å². The Labute approximate surface area is 254 Å². The number of nitrogens with one attached hydrogen (secondary N) is 3. The Morgan fingerprint density at radius 2 is 1.72 bits per heavy atom. The molecule has 0 unspecified atom stereocenters. The van der Waals surface area contributed by atoms with E-state index in [1.54, 1.807) is 25.5 Å². The number of fused-ring (bicyclic) bond motifs is 2. The van der Waals surface area contributed by atoms with Gasteiger partial charge in [0.05, 0.1) is 30.1 Å². The highest BCUT2D eigenvalue weighted by Gasteiger charge is 2.55. The zero-order valence-electron chi connectivity index (χ0n) is 25.4. The molecule has 10 nitrogen and oxygen atoms in total. The maximum absolute atomic E-state index is 14.5. The van der Waals surface area contributed by atoms with Crippen molar-refractivity contribution in [3.05, 3.63) is 53.9 Å². The van der Waals surface area contributed by atoms with E-state index in [0.717, 1.165) is 57.8 Å². The zero-order valence-corrected chi connectivity index (χ0v) is 25.4. The highest BCUT2D eigenvalue weighted by molar-refractivity contribution is 5.91. The lowest BCUT2D eigenvalue weighted by molar-refractivity contribution is -0.141. The first-order chi connectivity index (χ1) is 21.0. The van der Waals surface area contributed by atoms with Crippen molar-refractivity contribution in [2.75, 3.05) is 25.0 Å². The molecule has 1 saturated carbocycles. The molecular weight excluding hydrogens is 542 g/mol. The molecule has 1 aromatic heterocycles. The van der Waals surface area contributed by atoms with E-state index in [9.17, 15) is 14.4 Å². The molecule has 2 aromatic rings. The Bertz CT molecular complexity index is 1300. The Morgan fingerprint density at radius 3 is 2.49 bits per heavy atom. The van der Waals surface area contributed by atoms with E-state index < -0.39 is 18.0 Å².